The summed E-state index contributed by atoms with van der Waals surface area (Å²) >= 11 is 0. The number of piperazine rings is 1. The highest BCUT2D eigenvalue weighted by Crippen LogP contribution is 2.05. The number of nitrogens with zero attached hydrogens (tertiary/aromatic N) is 2. The fraction of sp³-hybridized carbons (Fsp3) is 0.429. The van der Waals surface area contributed by atoms with Crippen molar-refractivity contribution in [3.05, 3.63) is 30.3 Å². The van der Waals surface area contributed by atoms with Gasteiger partial charge in [-0.05, 0) is 18.2 Å². The lowest BCUT2D eigenvalue weighted by molar-refractivity contribution is -0.118. The van der Waals surface area contributed by atoms with Crippen LogP contribution in [0.15, 0.2) is 24.3 Å². The van der Waals surface area contributed by atoms with Crippen molar-refractivity contribution in [2.75, 3.05) is 44.6 Å². The van der Waals surface area contributed by atoms with Crippen molar-refractivity contribution in [3.8, 4) is 0 Å². The molecule has 0 spiro atoms. The Labute approximate surface area is 113 Å². The molecule has 0 aliphatic carbocycles. The molecule has 0 atom stereocenters. The molecule has 0 unspecified atom stereocenters. The van der Waals surface area contributed by atoms with Crippen LogP contribution in [0.5, 0.6) is 0 Å². The Morgan fingerprint density at radius 1 is 1.21 bits per heavy atom. The Bertz CT molecular complexity index is 414. The fourth-order valence-corrected chi connectivity index (χ4v) is 2.11. The molecule has 1 N–H and O–H groups in total. The molecule has 1 aromatic rings. The number of aldehydes is 1. The van der Waals surface area contributed by atoms with Gasteiger partial charge in [0.1, 0.15) is 6.29 Å². The van der Waals surface area contributed by atoms with Crippen LogP contribution in [-0.2, 0) is 9.59 Å². The largest absolute Gasteiger partial charge is 0.325 e. The molecule has 1 aliphatic heterocycles. The van der Waals surface area contributed by atoms with E-state index < -0.39 is 0 Å². The number of benzene rings is 1. The van der Waals surface area contributed by atoms with Crippen LogP contribution in [0.1, 0.15) is 0 Å². The highest BCUT2D eigenvalue weighted by molar-refractivity contribution is 5.92. The van der Waals surface area contributed by atoms with Crippen LogP contribution in [0.4, 0.5) is 5.69 Å². The number of rotatable bonds is 5. The van der Waals surface area contributed by atoms with Crippen LogP contribution in [0, 0.1) is 6.07 Å². The Hall–Kier alpha value is -1.72. The first-order valence-electron chi connectivity index (χ1n) is 6.42. The van der Waals surface area contributed by atoms with Gasteiger partial charge in [-0.3, -0.25) is 14.6 Å². The summed E-state index contributed by atoms with van der Waals surface area (Å²) in [4.78, 5) is 26.5. The predicted octanol–water partition coefficient (Wildman–Crippen LogP) is 0.242. The van der Waals surface area contributed by atoms with Gasteiger partial charge in [0, 0.05) is 31.9 Å². The van der Waals surface area contributed by atoms with Crippen LogP contribution in [0.2, 0.25) is 0 Å². The summed E-state index contributed by atoms with van der Waals surface area (Å²) in [7, 11) is 0. The third kappa shape index (κ3) is 4.46. The number of nitrogens with one attached hydrogen (secondary N) is 1. The molecule has 1 radical (unpaired) electrons. The van der Waals surface area contributed by atoms with Crippen molar-refractivity contribution in [2.45, 2.75) is 0 Å². The zero-order valence-corrected chi connectivity index (χ0v) is 10.8. The maximum Gasteiger partial charge on any atom is 0.238 e. The summed E-state index contributed by atoms with van der Waals surface area (Å²) < 4.78 is 0. The van der Waals surface area contributed by atoms with E-state index in [-0.39, 0.29) is 5.91 Å². The predicted molar refractivity (Wildman–Crippen MR) is 72.9 cm³/mol. The van der Waals surface area contributed by atoms with E-state index in [0.717, 1.165) is 38.2 Å². The summed E-state index contributed by atoms with van der Waals surface area (Å²) in [6.45, 7) is 4.21. The van der Waals surface area contributed by atoms with Crippen molar-refractivity contribution in [3.63, 3.8) is 0 Å². The summed E-state index contributed by atoms with van der Waals surface area (Å²) in [5.74, 6) is -0.00460. The van der Waals surface area contributed by atoms with Crippen LogP contribution in [0.3, 0.4) is 0 Å². The Kier molecular flexibility index (Phi) is 5.06. The lowest BCUT2D eigenvalue weighted by Crippen LogP contribution is -2.48. The number of hydrogen-bond acceptors (Lipinski definition) is 4. The van der Waals surface area contributed by atoms with E-state index in [1.165, 1.54) is 0 Å². The van der Waals surface area contributed by atoms with Gasteiger partial charge in [-0.2, -0.15) is 0 Å². The van der Waals surface area contributed by atoms with Gasteiger partial charge in [0.2, 0.25) is 5.91 Å². The first kappa shape index (κ1) is 13.7. The molecule has 0 saturated carbocycles. The molecule has 0 bridgehead atoms. The molecule has 1 aromatic carbocycles. The standard InChI is InChI=1S/C14H18N3O2/c18-11-10-16-6-8-17(9-7-16)12-14(19)15-13-4-2-1-3-5-13/h2-5,11H,6-10,12H2,(H,15,19). The summed E-state index contributed by atoms with van der Waals surface area (Å²) in [6.07, 6.45) is 0.925. The zero-order valence-electron chi connectivity index (χ0n) is 10.8. The van der Waals surface area contributed by atoms with Gasteiger partial charge in [-0.25, -0.2) is 0 Å². The van der Waals surface area contributed by atoms with Gasteiger partial charge in [0.05, 0.1) is 13.1 Å². The van der Waals surface area contributed by atoms with Gasteiger partial charge in [0.25, 0.3) is 0 Å². The highest BCUT2D eigenvalue weighted by atomic mass is 16.2. The maximum absolute atomic E-state index is 11.9. The van der Waals surface area contributed by atoms with Gasteiger partial charge >= 0.3 is 0 Å². The summed E-state index contributed by atoms with van der Waals surface area (Å²) in [5, 5.41) is 2.86. The van der Waals surface area contributed by atoms with Gasteiger partial charge < -0.3 is 10.1 Å². The van der Waals surface area contributed by atoms with Crippen molar-refractivity contribution < 1.29 is 9.59 Å². The van der Waals surface area contributed by atoms with Crippen LogP contribution >= 0.6 is 0 Å². The van der Waals surface area contributed by atoms with Gasteiger partial charge in [-0.1, -0.05) is 12.1 Å². The van der Waals surface area contributed by atoms with Crippen LogP contribution < -0.4 is 5.32 Å². The Morgan fingerprint density at radius 3 is 2.47 bits per heavy atom. The number of anilines is 1. The van der Waals surface area contributed by atoms with E-state index in [4.69, 9.17) is 0 Å². The lowest BCUT2D eigenvalue weighted by Gasteiger charge is -2.33. The molecular weight excluding hydrogens is 242 g/mol. The molecule has 19 heavy (non-hydrogen) atoms. The van der Waals surface area contributed by atoms with Crippen molar-refractivity contribution in [2.24, 2.45) is 0 Å². The third-order valence-corrected chi connectivity index (χ3v) is 3.17. The molecule has 101 valence electrons. The minimum absolute atomic E-state index is 0.00460. The second-order valence-corrected chi connectivity index (χ2v) is 4.58. The van der Waals surface area contributed by atoms with Crippen molar-refractivity contribution >= 4 is 17.9 Å². The molecule has 0 aromatic heterocycles. The average molecular weight is 260 g/mol. The quantitative estimate of drug-likeness (QED) is 0.771. The average Bonchev–Trinajstić information content (AvgIpc) is 2.42. The van der Waals surface area contributed by atoms with Crippen LogP contribution in [-0.4, -0.2) is 61.3 Å². The number of carbonyl (C=O) groups is 2. The summed E-state index contributed by atoms with van der Waals surface area (Å²) in [6, 6.07) is 10.1. The van der Waals surface area contributed by atoms with E-state index in [0.29, 0.717) is 13.1 Å². The molecule has 1 saturated heterocycles. The lowest BCUT2D eigenvalue weighted by atomic mass is 10.3. The van der Waals surface area contributed by atoms with Crippen molar-refractivity contribution in [1.29, 1.82) is 0 Å². The smallest absolute Gasteiger partial charge is 0.238 e. The molecular formula is C14H18N3O2. The van der Waals surface area contributed by atoms with E-state index in [2.05, 4.69) is 21.2 Å². The molecule has 5 nitrogen and oxygen atoms in total. The molecule has 1 aliphatic rings. The molecule has 1 heterocycles. The van der Waals surface area contributed by atoms with Gasteiger partial charge in [0.15, 0.2) is 0 Å². The SMILES string of the molecule is O=CCN1CCN(CC(=O)Nc2cc[c]cc2)CC1. The first-order chi connectivity index (χ1) is 9.28. The number of hydrogen-bond donors (Lipinski definition) is 1. The molecule has 1 fully saturated rings. The fourth-order valence-electron chi connectivity index (χ4n) is 2.11. The maximum atomic E-state index is 11.9. The number of carbonyl (C=O) groups excluding carboxylic acids is 2. The summed E-state index contributed by atoms with van der Waals surface area (Å²) in [5.41, 5.74) is 0.795. The molecule has 1 amide bonds. The minimum atomic E-state index is -0.00460. The second-order valence-electron chi connectivity index (χ2n) is 4.58. The normalized spacial score (nSPS) is 17.1. The van der Waals surface area contributed by atoms with Crippen molar-refractivity contribution in [1.82, 2.24) is 9.80 Å². The van der Waals surface area contributed by atoms with Gasteiger partial charge in [-0.15, -0.1) is 0 Å². The zero-order chi connectivity index (χ0) is 13.5. The first-order valence-corrected chi connectivity index (χ1v) is 6.42. The Morgan fingerprint density at radius 2 is 1.84 bits per heavy atom. The second kappa shape index (κ2) is 7.01. The monoisotopic (exact) mass is 260 g/mol. The Balaban J connectivity index is 1.73. The highest BCUT2D eigenvalue weighted by Gasteiger charge is 2.18. The third-order valence-electron chi connectivity index (χ3n) is 3.17. The topological polar surface area (TPSA) is 52.7 Å². The number of amides is 1. The van der Waals surface area contributed by atoms with Crippen LogP contribution in [0.25, 0.3) is 0 Å². The van der Waals surface area contributed by atoms with E-state index in [1.807, 2.05) is 12.1 Å². The van der Waals surface area contributed by atoms with E-state index in [9.17, 15) is 9.59 Å². The minimum Gasteiger partial charge on any atom is -0.325 e. The molecule has 5 heteroatoms. The molecule has 2 rings (SSSR count). The van der Waals surface area contributed by atoms with E-state index in [1.54, 1.807) is 12.1 Å². The van der Waals surface area contributed by atoms with E-state index >= 15 is 0 Å².